The summed E-state index contributed by atoms with van der Waals surface area (Å²) in [6.45, 7) is 4.24. The summed E-state index contributed by atoms with van der Waals surface area (Å²) in [5.74, 6) is 0.624. The zero-order valence-corrected chi connectivity index (χ0v) is 11.3. The second-order valence-corrected chi connectivity index (χ2v) is 5.00. The molecule has 4 heteroatoms. The molecule has 0 aliphatic rings. The van der Waals surface area contributed by atoms with Gasteiger partial charge in [-0.3, -0.25) is 4.79 Å². The van der Waals surface area contributed by atoms with Gasteiger partial charge < -0.3 is 9.88 Å². The van der Waals surface area contributed by atoms with Gasteiger partial charge in [0.15, 0.2) is 0 Å². The summed E-state index contributed by atoms with van der Waals surface area (Å²) in [5.41, 5.74) is 1.86. The van der Waals surface area contributed by atoms with Gasteiger partial charge >= 0.3 is 0 Å². The number of imidazole rings is 1. The molecule has 1 amide bonds. The first-order valence-corrected chi connectivity index (χ1v) is 6.53. The molecule has 0 saturated heterocycles. The lowest BCUT2D eigenvalue weighted by Crippen LogP contribution is -2.12. The third kappa shape index (κ3) is 3.95. The van der Waals surface area contributed by atoms with Crippen molar-refractivity contribution in [1.29, 1.82) is 0 Å². The smallest absolute Gasteiger partial charge is 0.224 e. The minimum atomic E-state index is 0.0732. The molecule has 0 atom stereocenters. The minimum absolute atomic E-state index is 0.0732. The van der Waals surface area contributed by atoms with Crippen LogP contribution in [-0.4, -0.2) is 15.5 Å². The van der Waals surface area contributed by atoms with Gasteiger partial charge in [0.25, 0.3) is 0 Å². The maximum absolute atomic E-state index is 11.7. The summed E-state index contributed by atoms with van der Waals surface area (Å²) in [4.78, 5) is 15.7. The second-order valence-electron chi connectivity index (χ2n) is 5.00. The molecule has 19 heavy (non-hydrogen) atoms. The van der Waals surface area contributed by atoms with Crippen LogP contribution in [0.15, 0.2) is 43.0 Å². The van der Waals surface area contributed by atoms with Crippen molar-refractivity contribution in [3.8, 4) is 5.69 Å². The first-order chi connectivity index (χ1) is 9.15. The zero-order valence-electron chi connectivity index (χ0n) is 11.3. The van der Waals surface area contributed by atoms with E-state index in [0.29, 0.717) is 12.3 Å². The molecule has 0 saturated carbocycles. The summed E-state index contributed by atoms with van der Waals surface area (Å²) in [6, 6.07) is 7.73. The van der Waals surface area contributed by atoms with E-state index in [2.05, 4.69) is 24.1 Å². The van der Waals surface area contributed by atoms with Gasteiger partial charge in [-0.2, -0.15) is 0 Å². The predicted octanol–water partition coefficient (Wildman–Crippen LogP) is 3.25. The number of benzene rings is 1. The predicted molar refractivity (Wildman–Crippen MR) is 76.3 cm³/mol. The highest BCUT2D eigenvalue weighted by Gasteiger charge is 2.04. The molecule has 0 radical (unpaired) electrons. The number of hydrogen-bond acceptors (Lipinski definition) is 2. The van der Waals surface area contributed by atoms with E-state index in [1.54, 1.807) is 12.5 Å². The Balaban J connectivity index is 1.94. The number of aromatic nitrogens is 2. The number of hydrogen-bond donors (Lipinski definition) is 1. The summed E-state index contributed by atoms with van der Waals surface area (Å²) in [5, 5.41) is 2.91. The van der Waals surface area contributed by atoms with Crippen molar-refractivity contribution >= 4 is 11.6 Å². The van der Waals surface area contributed by atoms with E-state index in [1.807, 2.05) is 35.0 Å². The number of anilines is 1. The Bertz CT molecular complexity index is 515. The average Bonchev–Trinajstić information content (AvgIpc) is 2.91. The molecule has 100 valence electrons. The molecule has 0 spiro atoms. The average molecular weight is 257 g/mol. The van der Waals surface area contributed by atoms with Crippen molar-refractivity contribution in [2.24, 2.45) is 5.92 Å². The molecule has 0 aliphatic carbocycles. The largest absolute Gasteiger partial charge is 0.326 e. The van der Waals surface area contributed by atoms with Crippen molar-refractivity contribution in [2.75, 3.05) is 5.32 Å². The van der Waals surface area contributed by atoms with E-state index in [9.17, 15) is 4.79 Å². The Morgan fingerprint density at radius 1 is 1.32 bits per heavy atom. The normalized spacial score (nSPS) is 10.7. The first kappa shape index (κ1) is 13.3. The highest BCUT2D eigenvalue weighted by Crippen LogP contribution is 2.14. The van der Waals surface area contributed by atoms with Crippen LogP contribution in [0.1, 0.15) is 26.7 Å². The highest BCUT2D eigenvalue weighted by molar-refractivity contribution is 5.90. The van der Waals surface area contributed by atoms with Gasteiger partial charge in [0.1, 0.15) is 0 Å². The third-order valence-electron chi connectivity index (χ3n) is 2.90. The molecule has 1 heterocycles. The first-order valence-electron chi connectivity index (χ1n) is 6.53. The Labute approximate surface area is 113 Å². The fourth-order valence-corrected chi connectivity index (χ4v) is 1.77. The van der Waals surface area contributed by atoms with Gasteiger partial charge in [0.05, 0.1) is 6.33 Å². The molecule has 1 aromatic carbocycles. The van der Waals surface area contributed by atoms with Gasteiger partial charge in [-0.1, -0.05) is 13.8 Å². The van der Waals surface area contributed by atoms with Crippen molar-refractivity contribution in [3.63, 3.8) is 0 Å². The van der Waals surface area contributed by atoms with Crippen LogP contribution in [0.4, 0.5) is 5.69 Å². The van der Waals surface area contributed by atoms with Crippen LogP contribution in [0.25, 0.3) is 5.69 Å². The molecule has 1 aromatic heterocycles. The molecule has 1 N–H and O–H groups in total. The maximum atomic E-state index is 11.7. The van der Waals surface area contributed by atoms with Crippen LogP contribution in [-0.2, 0) is 4.79 Å². The van der Waals surface area contributed by atoms with Crippen LogP contribution in [0, 0.1) is 5.92 Å². The molecular formula is C15H19N3O. The van der Waals surface area contributed by atoms with E-state index in [0.717, 1.165) is 17.8 Å². The van der Waals surface area contributed by atoms with E-state index in [-0.39, 0.29) is 5.91 Å². The number of amides is 1. The number of rotatable bonds is 5. The number of carbonyl (C=O) groups excluding carboxylic acids is 1. The van der Waals surface area contributed by atoms with E-state index in [4.69, 9.17) is 0 Å². The van der Waals surface area contributed by atoms with Crippen LogP contribution >= 0.6 is 0 Å². The van der Waals surface area contributed by atoms with Gasteiger partial charge in [0, 0.05) is 30.2 Å². The lowest BCUT2D eigenvalue weighted by molar-refractivity contribution is -0.116. The van der Waals surface area contributed by atoms with Gasteiger partial charge in [0.2, 0.25) is 5.91 Å². The summed E-state index contributed by atoms with van der Waals surface area (Å²) in [6.07, 6.45) is 6.86. The maximum Gasteiger partial charge on any atom is 0.224 e. The van der Waals surface area contributed by atoms with Gasteiger partial charge in [-0.15, -0.1) is 0 Å². The number of nitrogens with one attached hydrogen (secondary N) is 1. The summed E-state index contributed by atoms with van der Waals surface area (Å²) < 4.78 is 1.92. The van der Waals surface area contributed by atoms with Crippen molar-refractivity contribution in [3.05, 3.63) is 43.0 Å². The van der Waals surface area contributed by atoms with Crippen LogP contribution in [0.5, 0.6) is 0 Å². The van der Waals surface area contributed by atoms with E-state index in [1.165, 1.54) is 0 Å². The Morgan fingerprint density at radius 3 is 2.63 bits per heavy atom. The van der Waals surface area contributed by atoms with Crippen molar-refractivity contribution < 1.29 is 4.79 Å². The lowest BCUT2D eigenvalue weighted by Gasteiger charge is -2.08. The van der Waals surface area contributed by atoms with Crippen molar-refractivity contribution in [1.82, 2.24) is 9.55 Å². The quantitative estimate of drug-likeness (QED) is 0.893. The summed E-state index contributed by atoms with van der Waals surface area (Å²) >= 11 is 0. The molecule has 0 unspecified atom stereocenters. The van der Waals surface area contributed by atoms with Crippen LogP contribution in [0.2, 0.25) is 0 Å². The fraction of sp³-hybridized carbons (Fsp3) is 0.333. The van der Waals surface area contributed by atoms with E-state index >= 15 is 0 Å². The Kier molecular flexibility index (Phi) is 4.34. The molecule has 4 nitrogen and oxygen atoms in total. The fourth-order valence-electron chi connectivity index (χ4n) is 1.77. The van der Waals surface area contributed by atoms with E-state index < -0.39 is 0 Å². The minimum Gasteiger partial charge on any atom is -0.326 e. The molecule has 0 aliphatic heterocycles. The molecule has 2 rings (SSSR count). The standard InChI is InChI=1S/C15H19N3O/c1-12(2)3-8-15(19)17-13-4-6-14(7-5-13)18-10-9-16-11-18/h4-7,9-12H,3,8H2,1-2H3,(H,17,19). The van der Waals surface area contributed by atoms with Crippen molar-refractivity contribution in [2.45, 2.75) is 26.7 Å². The van der Waals surface area contributed by atoms with Crippen LogP contribution < -0.4 is 5.32 Å². The highest BCUT2D eigenvalue weighted by atomic mass is 16.1. The second kappa shape index (κ2) is 6.18. The molecule has 2 aromatic rings. The Morgan fingerprint density at radius 2 is 2.05 bits per heavy atom. The SMILES string of the molecule is CC(C)CCC(=O)Nc1ccc(-n2ccnc2)cc1. The van der Waals surface area contributed by atoms with Gasteiger partial charge in [-0.05, 0) is 36.6 Å². The van der Waals surface area contributed by atoms with Crippen LogP contribution in [0.3, 0.4) is 0 Å². The number of carbonyl (C=O) groups is 1. The molecule has 0 bridgehead atoms. The summed E-state index contributed by atoms with van der Waals surface area (Å²) in [7, 11) is 0. The topological polar surface area (TPSA) is 46.9 Å². The lowest BCUT2D eigenvalue weighted by atomic mass is 10.1. The molecular weight excluding hydrogens is 238 g/mol. The Hall–Kier alpha value is -2.10. The molecule has 0 fully saturated rings. The number of nitrogens with zero attached hydrogens (tertiary/aromatic N) is 2. The van der Waals surface area contributed by atoms with Gasteiger partial charge in [-0.25, -0.2) is 4.98 Å². The monoisotopic (exact) mass is 257 g/mol. The zero-order chi connectivity index (χ0) is 13.7. The third-order valence-corrected chi connectivity index (χ3v) is 2.90.